The molecule has 0 saturated carbocycles. The molecule has 0 amide bonds. The largest absolute Gasteiger partial charge is 0.463 e. The minimum atomic E-state index is -0.311. The number of esters is 2. The Morgan fingerprint density at radius 1 is 0.655 bits per heavy atom. The smallest absolute Gasteiger partial charge is 0.308 e. The van der Waals surface area contributed by atoms with Gasteiger partial charge in [-0.25, -0.2) is 0 Å². The molecule has 0 fully saturated rings. The van der Waals surface area contributed by atoms with Gasteiger partial charge in [-0.3, -0.25) is 9.59 Å². The van der Waals surface area contributed by atoms with Crippen LogP contribution in [-0.2, 0) is 33.3 Å². The van der Waals surface area contributed by atoms with Crippen LogP contribution >= 0.6 is 31.9 Å². The summed E-state index contributed by atoms with van der Waals surface area (Å²) < 4.78 is 26.8. The van der Waals surface area contributed by atoms with E-state index in [1.807, 2.05) is 13.8 Å². The minimum absolute atomic E-state index is 0.159. The molecule has 9 heteroatoms. The number of halogens is 2. The number of carbonyl (C=O) groups is 2. The molecule has 0 N–H and O–H groups in total. The summed E-state index contributed by atoms with van der Waals surface area (Å²) in [4.78, 5) is 23.5. The summed E-state index contributed by atoms with van der Waals surface area (Å²) in [7, 11) is 0. The normalized spacial score (nSPS) is 13.1. The zero-order valence-corrected chi connectivity index (χ0v) is 20.8. The van der Waals surface area contributed by atoms with E-state index in [1.54, 1.807) is 0 Å². The van der Waals surface area contributed by atoms with Gasteiger partial charge >= 0.3 is 11.9 Å². The maximum Gasteiger partial charge on any atom is 0.308 e. The standard InChI is InChI=1S/C20H36Br2O7/c1-17(5-13-25-11-3-9-21)28-19(23)7-15-27-16-8-20(24)29-18(2)6-14-26-12-4-10-22/h17-18H,3-16H2,1-2H3/t17-,18-/m0/s1. The van der Waals surface area contributed by atoms with Gasteiger partial charge in [-0.1, -0.05) is 31.9 Å². The molecule has 29 heavy (non-hydrogen) atoms. The second kappa shape index (κ2) is 21.0. The van der Waals surface area contributed by atoms with Crippen LogP contribution in [0.2, 0.25) is 0 Å². The van der Waals surface area contributed by atoms with Crippen molar-refractivity contribution in [3.05, 3.63) is 0 Å². The van der Waals surface area contributed by atoms with Crippen molar-refractivity contribution in [3.63, 3.8) is 0 Å². The van der Waals surface area contributed by atoms with Crippen molar-refractivity contribution in [2.24, 2.45) is 0 Å². The van der Waals surface area contributed by atoms with Crippen LogP contribution in [0.1, 0.15) is 52.4 Å². The van der Waals surface area contributed by atoms with Gasteiger partial charge in [0.15, 0.2) is 0 Å². The summed E-state index contributed by atoms with van der Waals surface area (Å²) in [6.45, 7) is 6.67. The first-order valence-corrected chi connectivity index (χ1v) is 12.5. The Bertz CT molecular complexity index is 374. The predicted molar refractivity (Wildman–Crippen MR) is 119 cm³/mol. The molecule has 2 atom stereocenters. The van der Waals surface area contributed by atoms with Crippen molar-refractivity contribution in [1.82, 2.24) is 0 Å². The molecule has 0 bridgehead atoms. The first-order valence-electron chi connectivity index (χ1n) is 10.2. The molecule has 0 aliphatic rings. The molecule has 0 rings (SSSR count). The average Bonchev–Trinajstić information content (AvgIpc) is 2.67. The van der Waals surface area contributed by atoms with Gasteiger partial charge in [0.2, 0.25) is 0 Å². The minimum Gasteiger partial charge on any atom is -0.463 e. The molecule has 7 nitrogen and oxygen atoms in total. The van der Waals surface area contributed by atoms with Crippen LogP contribution in [0.5, 0.6) is 0 Å². The Morgan fingerprint density at radius 2 is 1.03 bits per heavy atom. The van der Waals surface area contributed by atoms with Crippen LogP contribution in [0.15, 0.2) is 0 Å². The number of carbonyl (C=O) groups excluding carboxylic acids is 2. The third-order valence-corrected chi connectivity index (χ3v) is 4.87. The Balaban J connectivity index is 3.57. The van der Waals surface area contributed by atoms with Crippen LogP contribution in [-0.4, -0.2) is 74.4 Å². The second-order valence-corrected chi connectivity index (χ2v) is 8.19. The van der Waals surface area contributed by atoms with E-state index in [4.69, 9.17) is 23.7 Å². The molecule has 172 valence electrons. The van der Waals surface area contributed by atoms with E-state index in [0.717, 1.165) is 23.5 Å². The van der Waals surface area contributed by atoms with Crippen molar-refractivity contribution in [3.8, 4) is 0 Å². The van der Waals surface area contributed by atoms with Crippen LogP contribution in [0.4, 0.5) is 0 Å². The highest BCUT2D eigenvalue weighted by atomic mass is 79.9. The molecule has 0 aromatic carbocycles. The highest BCUT2D eigenvalue weighted by Crippen LogP contribution is 2.03. The van der Waals surface area contributed by atoms with Gasteiger partial charge in [0, 0.05) is 36.7 Å². The number of rotatable bonds is 20. The highest BCUT2D eigenvalue weighted by molar-refractivity contribution is 9.09. The van der Waals surface area contributed by atoms with Crippen molar-refractivity contribution < 1.29 is 33.3 Å². The lowest BCUT2D eigenvalue weighted by atomic mass is 10.3. The average molecular weight is 548 g/mol. The SMILES string of the molecule is C[C@@H](CCOCCCBr)OC(=O)CCOCCC(=O)O[C@@H](C)CCOCCCBr. The zero-order chi connectivity index (χ0) is 21.7. The zero-order valence-electron chi connectivity index (χ0n) is 17.7. The summed E-state index contributed by atoms with van der Waals surface area (Å²) in [6.07, 6.45) is 3.20. The van der Waals surface area contributed by atoms with Crippen molar-refractivity contribution in [1.29, 1.82) is 0 Å². The third kappa shape index (κ3) is 20.8. The van der Waals surface area contributed by atoms with E-state index in [2.05, 4.69) is 31.9 Å². The Hall–Kier alpha value is -0.220. The summed E-state index contributed by atoms with van der Waals surface area (Å²) in [5.74, 6) is -0.622. The monoisotopic (exact) mass is 546 g/mol. The summed E-state index contributed by atoms with van der Waals surface area (Å²) in [6, 6.07) is 0. The lowest BCUT2D eigenvalue weighted by Crippen LogP contribution is -2.20. The van der Waals surface area contributed by atoms with E-state index >= 15 is 0 Å². The molecule has 0 heterocycles. The predicted octanol–water partition coefficient (Wildman–Crippen LogP) is 4.03. The maximum atomic E-state index is 11.7. The second-order valence-electron chi connectivity index (χ2n) is 6.60. The van der Waals surface area contributed by atoms with Gasteiger partial charge in [-0.2, -0.15) is 0 Å². The molecule has 0 aromatic heterocycles. The third-order valence-electron chi connectivity index (χ3n) is 3.75. The summed E-state index contributed by atoms with van der Waals surface area (Å²) in [5, 5.41) is 1.84. The van der Waals surface area contributed by atoms with Crippen molar-refractivity contribution in [2.75, 3.05) is 50.3 Å². The molecule has 0 saturated heterocycles. The first-order chi connectivity index (χ1) is 14.0. The van der Waals surface area contributed by atoms with Gasteiger partial charge in [-0.15, -0.1) is 0 Å². The molecule has 0 aliphatic carbocycles. The van der Waals surface area contributed by atoms with Gasteiger partial charge in [0.25, 0.3) is 0 Å². The lowest BCUT2D eigenvalue weighted by Gasteiger charge is -2.14. The van der Waals surface area contributed by atoms with E-state index in [1.165, 1.54) is 0 Å². The highest BCUT2D eigenvalue weighted by Gasteiger charge is 2.11. The number of ether oxygens (including phenoxy) is 5. The van der Waals surface area contributed by atoms with Crippen molar-refractivity contribution in [2.45, 2.75) is 64.6 Å². The van der Waals surface area contributed by atoms with Gasteiger partial charge in [0.1, 0.15) is 12.2 Å². The maximum absolute atomic E-state index is 11.7. The van der Waals surface area contributed by atoms with E-state index in [9.17, 15) is 9.59 Å². The first kappa shape index (κ1) is 28.8. The summed E-state index contributed by atoms with van der Waals surface area (Å²) in [5.41, 5.74) is 0. The van der Waals surface area contributed by atoms with E-state index < -0.39 is 0 Å². The van der Waals surface area contributed by atoms with Gasteiger partial charge in [0.05, 0.1) is 39.3 Å². The fourth-order valence-corrected chi connectivity index (χ4v) is 2.57. The van der Waals surface area contributed by atoms with E-state index in [0.29, 0.717) is 39.3 Å². The van der Waals surface area contributed by atoms with Gasteiger partial charge < -0.3 is 23.7 Å². The van der Waals surface area contributed by atoms with Crippen LogP contribution in [0.3, 0.4) is 0 Å². The molecule has 0 unspecified atom stereocenters. The van der Waals surface area contributed by atoms with Crippen LogP contribution in [0, 0.1) is 0 Å². The molecular weight excluding hydrogens is 512 g/mol. The fourth-order valence-electron chi connectivity index (χ4n) is 2.11. The Morgan fingerprint density at radius 3 is 1.41 bits per heavy atom. The Labute approximate surface area is 191 Å². The number of alkyl halides is 2. The molecular formula is C20H36Br2O7. The summed E-state index contributed by atoms with van der Waals surface area (Å²) >= 11 is 6.68. The molecule has 0 aromatic rings. The lowest BCUT2D eigenvalue weighted by molar-refractivity contribution is -0.151. The van der Waals surface area contributed by atoms with E-state index in [-0.39, 0.29) is 50.2 Å². The number of hydrogen-bond donors (Lipinski definition) is 0. The molecule has 0 spiro atoms. The van der Waals surface area contributed by atoms with Crippen LogP contribution < -0.4 is 0 Å². The molecule has 0 aliphatic heterocycles. The van der Waals surface area contributed by atoms with Crippen molar-refractivity contribution >= 4 is 43.8 Å². The number of hydrogen-bond acceptors (Lipinski definition) is 7. The van der Waals surface area contributed by atoms with Gasteiger partial charge in [-0.05, 0) is 26.7 Å². The van der Waals surface area contributed by atoms with Crippen LogP contribution in [0.25, 0.3) is 0 Å². The topological polar surface area (TPSA) is 80.3 Å². The molecule has 0 radical (unpaired) electrons. The Kier molecular flexibility index (Phi) is 20.9. The fraction of sp³-hybridized carbons (Fsp3) is 0.900. The quantitative estimate of drug-likeness (QED) is 0.129.